The molecule has 28 heavy (non-hydrogen) atoms. The summed E-state index contributed by atoms with van der Waals surface area (Å²) < 4.78 is 10.5. The van der Waals surface area contributed by atoms with E-state index >= 15 is 0 Å². The third kappa shape index (κ3) is 4.93. The lowest BCUT2D eigenvalue weighted by molar-refractivity contribution is -0.129. The van der Waals surface area contributed by atoms with Gasteiger partial charge in [0.25, 0.3) is 5.91 Å². The van der Waals surface area contributed by atoms with E-state index in [0.29, 0.717) is 17.3 Å². The molecule has 0 bridgehead atoms. The average molecular weight is 402 g/mol. The van der Waals surface area contributed by atoms with Crippen LogP contribution in [-0.2, 0) is 28.9 Å². The van der Waals surface area contributed by atoms with Crippen molar-refractivity contribution in [2.45, 2.75) is 52.2 Å². The first-order valence-corrected chi connectivity index (χ1v) is 10.5. The summed E-state index contributed by atoms with van der Waals surface area (Å²) in [7, 11) is 1.61. The van der Waals surface area contributed by atoms with Gasteiger partial charge >= 0.3 is 5.97 Å². The number of aryl methyl sites for hydroxylation is 1. The normalized spacial score (nSPS) is 16.8. The number of hydrogen-bond donors (Lipinski definition) is 1. The quantitative estimate of drug-likeness (QED) is 0.709. The Kier molecular flexibility index (Phi) is 6.73. The van der Waals surface area contributed by atoms with Crippen LogP contribution in [0.5, 0.6) is 5.75 Å². The highest BCUT2D eigenvalue weighted by Gasteiger charge is 2.24. The maximum absolute atomic E-state index is 12.5. The number of hydrogen-bond acceptors (Lipinski definition) is 5. The van der Waals surface area contributed by atoms with Gasteiger partial charge in [-0.3, -0.25) is 4.79 Å². The Bertz CT molecular complexity index is 828. The lowest BCUT2D eigenvalue weighted by Crippen LogP contribution is -2.35. The van der Waals surface area contributed by atoms with Crippen molar-refractivity contribution in [2.24, 2.45) is 5.92 Å². The molecule has 0 saturated heterocycles. The van der Waals surface area contributed by atoms with Crippen LogP contribution in [0, 0.1) is 5.92 Å². The Morgan fingerprint density at radius 2 is 2.04 bits per heavy atom. The van der Waals surface area contributed by atoms with Crippen LogP contribution in [0.4, 0.5) is 0 Å². The van der Waals surface area contributed by atoms with Gasteiger partial charge in [0, 0.05) is 11.4 Å². The molecule has 5 nitrogen and oxygen atoms in total. The predicted molar refractivity (Wildman–Crippen MR) is 110 cm³/mol. The van der Waals surface area contributed by atoms with E-state index in [-0.39, 0.29) is 5.91 Å². The third-order valence-electron chi connectivity index (χ3n) is 5.24. The fourth-order valence-electron chi connectivity index (χ4n) is 3.40. The maximum atomic E-state index is 12.5. The number of ether oxygens (including phenoxy) is 2. The van der Waals surface area contributed by atoms with Crippen LogP contribution >= 0.6 is 11.3 Å². The lowest BCUT2D eigenvalue weighted by atomic mass is 9.87. The summed E-state index contributed by atoms with van der Waals surface area (Å²) in [5, 5.41) is 2.80. The van der Waals surface area contributed by atoms with Crippen LogP contribution in [0.15, 0.2) is 30.3 Å². The number of carbonyl (C=O) groups is 2. The van der Waals surface area contributed by atoms with Crippen molar-refractivity contribution in [1.82, 2.24) is 5.32 Å². The minimum Gasteiger partial charge on any atom is -0.497 e. The highest BCUT2D eigenvalue weighted by Crippen LogP contribution is 2.33. The van der Waals surface area contributed by atoms with Crippen LogP contribution in [0.25, 0.3) is 0 Å². The van der Waals surface area contributed by atoms with Crippen LogP contribution in [0.3, 0.4) is 0 Å². The Labute approximate surface area is 170 Å². The molecule has 150 valence electrons. The smallest absolute Gasteiger partial charge is 0.349 e. The fraction of sp³-hybridized carbons (Fsp3) is 0.455. The lowest BCUT2D eigenvalue weighted by Gasteiger charge is -2.19. The Balaban J connectivity index is 1.52. The Hall–Kier alpha value is -2.34. The predicted octanol–water partition coefficient (Wildman–Crippen LogP) is 4.13. The second kappa shape index (κ2) is 9.24. The maximum Gasteiger partial charge on any atom is 0.349 e. The van der Waals surface area contributed by atoms with E-state index in [9.17, 15) is 9.59 Å². The van der Waals surface area contributed by atoms with Gasteiger partial charge in [0.1, 0.15) is 10.6 Å². The van der Waals surface area contributed by atoms with Crippen molar-refractivity contribution >= 4 is 23.2 Å². The number of fused-ring (bicyclic) bond motifs is 1. The molecule has 0 aliphatic heterocycles. The van der Waals surface area contributed by atoms with E-state index < -0.39 is 12.1 Å². The summed E-state index contributed by atoms with van der Waals surface area (Å²) in [6, 6.07) is 9.40. The molecule has 2 aromatic rings. The zero-order chi connectivity index (χ0) is 20.1. The van der Waals surface area contributed by atoms with E-state index in [1.165, 1.54) is 34.6 Å². The zero-order valence-corrected chi connectivity index (χ0v) is 17.4. The molecule has 6 heteroatoms. The molecule has 1 aromatic carbocycles. The number of amides is 1. The number of esters is 1. The second-order valence-electron chi connectivity index (χ2n) is 7.19. The summed E-state index contributed by atoms with van der Waals surface area (Å²) in [5.41, 5.74) is 2.22. The molecular weight excluding hydrogens is 374 g/mol. The molecule has 0 spiro atoms. The first-order chi connectivity index (χ1) is 13.5. The van der Waals surface area contributed by atoms with Gasteiger partial charge in [-0.1, -0.05) is 25.5 Å². The molecule has 1 aliphatic carbocycles. The van der Waals surface area contributed by atoms with E-state index in [2.05, 4.69) is 12.2 Å². The van der Waals surface area contributed by atoms with Gasteiger partial charge in [0.15, 0.2) is 6.10 Å². The average Bonchev–Trinajstić information content (AvgIpc) is 3.15. The van der Waals surface area contributed by atoms with Gasteiger partial charge in [-0.15, -0.1) is 11.3 Å². The second-order valence-corrected chi connectivity index (χ2v) is 8.33. The van der Waals surface area contributed by atoms with E-state index in [0.717, 1.165) is 24.2 Å². The molecule has 0 radical (unpaired) electrons. The monoisotopic (exact) mass is 401 g/mol. The standard InChI is InChI=1S/C22H27NO4S/c1-4-15-7-10-19-17(11-15)12-20(28-19)22(25)27-14(2)21(24)23-13-16-5-8-18(26-3)9-6-16/h5-6,8-9,12,14-15H,4,7,10-11,13H2,1-3H3,(H,23,24)/t14-,15+/m1/s1. The first kappa shape index (κ1) is 20.4. The van der Waals surface area contributed by atoms with Crippen molar-refractivity contribution in [3.05, 3.63) is 51.2 Å². The van der Waals surface area contributed by atoms with Crippen LogP contribution in [0.1, 0.15) is 52.4 Å². The van der Waals surface area contributed by atoms with Crippen LogP contribution in [-0.4, -0.2) is 25.1 Å². The summed E-state index contributed by atoms with van der Waals surface area (Å²) in [5.74, 6) is 0.742. The largest absolute Gasteiger partial charge is 0.497 e. The van der Waals surface area contributed by atoms with Crippen LogP contribution in [0.2, 0.25) is 0 Å². The molecule has 1 heterocycles. The topological polar surface area (TPSA) is 64.6 Å². The highest BCUT2D eigenvalue weighted by atomic mass is 32.1. The summed E-state index contributed by atoms with van der Waals surface area (Å²) in [6.45, 7) is 4.18. The van der Waals surface area contributed by atoms with E-state index in [4.69, 9.17) is 9.47 Å². The Morgan fingerprint density at radius 3 is 2.71 bits per heavy atom. The van der Waals surface area contributed by atoms with Crippen molar-refractivity contribution in [1.29, 1.82) is 0 Å². The van der Waals surface area contributed by atoms with E-state index in [1.807, 2.05) is 30.3 Å². The van der Waals surface area contributed by atoms with Gasteiger partial charge < -0.3 is 14.8 Å². The minimum absolute atomic E-state index is 0.309. The molecule has 1 aliphatic rings. The summed E-state index contributed by atoms with van der Waals surface area (Å²) in [6.07, 6.45) is 3.58. The number of carbonyl (C=O) groups excluding carboxylic acids is 2. The molecule has 1 aromatic heterocycles. The summed E-state index contributed by atoms with van der Waals surface area (Å²) >= 11 is 1.51. The van der Waals surface area contributed by atoms with Gasteiger partial charge in [0.05, 0.1) is 7.11 Å². The third-order valence-corrected chi connectivity index (χ3v) is 6.46. The number of rotatable bonds is 7. The molecule has 2 atom stereocenters. The molecule has 3 rings (SSSR count). The van der Waals surface area contributed by atoms with Crippen molar-refractivity contribution in [3.63, 3.8) is 0 Å². The molecule has 1 N–H and O–H groups in total. The van der Waals surface area contributed by atoms with Crippen LogP contribution < -0.4 is 10.1 Å². The molecule has 0 fully saturated rings. The van der Waals surface area contributed by atoms with E-state index in [1.54, 1.807) is 14.0 Å². The molecular formula is C22H27NO4S. The molecule has 0 unspecified atom stereocenters. The van der Waals surface area contributed by atoms with Crippen molar-refractivity contribution < 1.29 is 19.1 Å². The van der Waals surface area contributed by atoms with Crippen molar-refractivity contribution in [2.75, 3.05) is 7.11 Å². The Morgan fingerprint density at radius 1 is 1.29 bits per heavy atom. The fourth-order valence-corrected chi connectivity index (χ4v) is 4.49. The molecule has 1 amide bonds. The minimum atomic E-state index is -0.840. The van der Waals surface area contributed by atoms with Crippen molar-refractivity contribution in [3.8, 4) is 5.75 Å². The number of thiophene rings is 1. The SMILES string of the molecule is CC[C@H]1CCc2sc(C(=O)O[C@H](C)C(=O)NCc3ccc(OC)cc3)cc2C1. The first-order valence-electron chi connectivity index (χ1n) is 9.73. The van der Waals surface area contributed by atoms with Gasteiger partial charge in [-0.25, -0.2) is 4.79 Å². The highest BCUT2D eigenvalue weighted by molar-refractivity contribution is 7.14. The van der Waals surface area contributed by atoms with Gasteiger partial charge in [-0.2, -0.15) is 0 Å². The zero-order valence-electron chi connectivity index (χ0n) is 16.6. The van der Waals surface area contributed by atoms with Gasteiger partial charge in [0.2, 0.25) is 0 Å². The number of methoxy groups -OCH3 is 1. The summed E-state index contributed by atoms with van der Waals surface area (Å²) in [4.78, 5) is 26.6. The number of benzene rings is 1. The van der Waals surface area contributed by atoms with Gasteiger partial charge in [-0.05, 0) is 61.4 Å². The molecule has 0 saturated carbocycles. The number of nitrogens with one attached hydrogen (secondary N) is 1.